The van der Waals surface area contributed by atoms with Crippen LogP contribution in [0.15, 0.2) is 47.1 Å². The highest BCUT2D eigenvalue weighted by Gasteiger charge is 2.20. The third kappa shape index (κ3) is 4.83. The zero-order valence-corrected chi connectivity index (χ0v) is 16.9. The quantitative estimate of drug-likeness (QED) is 0.813. The molecule has 1 aliphatic rings. The lowest BCUT2D eigenvalue weighted by Crippen LogP contribution is -2.51. The van der Waals surface area contributed by atoms with Gasteiger partial charge in [0, 0.05) is 55.0 Å². The molecule has 5 nitrogen and oxygen atoms in total. The molecule has 0 bridgehead atoms. The van der Waals surface area contributed by atoms with E-state index >= 15 is 0 Å². The summed E-state index contributed by atoms with van der Waals surface area (Å²) in [6, 6.07) is 11.9. The van der Waals surface area contributed by atoms with Crippen LogP contribution in [0.3, 0.4) is 0 Å². The molecule has 1 N–H and O–H groups in total. The van der Waals surface area contributed by atoms with Crippen LogP contribution in [-0.4, -0.2) is 54.6 Å². The summed E-state index contributed by atoms with van der Waals surface area (Å²) >= 11 is 3.44. The fourth-order valence-electron chi connectivity index (χ4n) is 3.32. The second-order valence-corrected chi connectivity index (χ2v) is 7.73. The molecule has 1 aromatic heterocycles. The van der Waals surface area contributed by atoms with Crippen molar-refractivity contribution in [3.8, 4) is 0 Å². The number of rotatable bonds is 5. The highest BCUT2D eigenvalue weighted by molar-refractivity contribution is 9.10. The van der Waals surface area contributed by atoms with Crippen molar-refractivity contribution in [1.82, 2.24) is 15.2 Å². The molecule has 1 fully saturated rings. The van der Waals surface area contributed by atoms with Gasteiger partial charge in [0.05, 0.1) is 0 Å². The van der Waals surface area contributed by atoms with Crippen molar-refractivity contribution in [2.75, 3.05) is 37.6 Å². The van der Waals surface area contributed by atoms with E-state index in [1.165, 1.54) is 0 Å². The van der Waals surface area contributed by atoms with Gasteiger partial charge in [-0.05, 0) is 49.7 Å². The maximum absolute atomic E-state index is 12.5. The van der Waals surface area contributed by atoms with E-state index in [1.54, 1.807) is 0 Å². The van der Waals surface area contributed by atoms with Crippen LogP contribution in [0, 0.1) is 6.92 Å². The van der Waals surface area contributed by atoms with Crippen molar-refractivity contribution < 1.29 is 4.79 Å². The summed E-state index contributed by atoms with van der Waals surface area (Å²) in [6.45, 7) is 8.77. The smallest absolute Gasteiger partial charge is 0.251 e. The fourth-order valence-corrected chi connectivity index (χ4v) is 3.79. The Kier molecular flexibility index (Phi) is 6.27. The van der Waals surface area contributed by atoms with E-state index in [4.69, 9.17) is 0 Å². The third-order valence-electron chi connectivity index (χ3n) is 4.69. The third-order valence-corrected chi connectivity index (χ3v) is 5.18. The highest BCUT2D eigenvalue weighted by atomic mass is 79.9. The number of halogens is 1. The van der Waals surface area contributed by atoms with Crippen LogP contribution in [-0.2, 0) is 0 Å². The van der Waals surface area contributed by atoms with E-state index in [-0.39, 0.29) is 11.9 Å². The average molecular weight is 417 g/mol. The Balaban J connectivity index is 1.48. The molecule has 6 heteroatoms. The van der Waals surface area contributed by atoms with E-state index in [1.807, 2.05) is 43.5 Å². The molecule has 138 valence electrons. The van der Waals surface area contributed by atoms with Crippen molar-refractivity contribution in [1.29, 1.82) is 0 Å². The van der Waals surface area contributed by atoms with E-state index < -0.39 is 0 Å². The molecule has 2 aromatic rings. The Labute approximate surface area is 163 Å². The summed E-state index contributed by atoms with van der Waals surface area (Å²) < 4.78 is 0.991. The molecule has 26 heavy (non-hydrogen) atoms. The number of carbonyl (C=O) groups excluding carboxylic acids is 1. The lowest BCUT2D eigenvalue weighted by Gasteiger charge is -2.36. The minimum absolute atomic E-state index is 0.00498. The van der Waals surface area contributed by atoms with Gasteiger partial charge in [0.2, 0.25) is 0 Å². The summed E-state index contributed by atoms with van der Waals surface area (Å²) in [5, 5.41) is 3.12. The second-order valence-electron chi connectivity index (χ2n) is 6.81. The van der Waals surface area contributed by atoms with Crippen molar-refractivity contribution in [3.05, 3.63) is 58.2 Å². The predicted octanol–water partition coefficient (Wildman–Crippen LogP) is 3.09. The van der Waals surface area contributed by atoms with E-state index in [9.17, 15) is 4.79 Å². The van der Waals surface area contributed by atoms with Crippen LogP contribution >= 0.6 is 15.9 Å². The molecule has 1 amide bonds. The van der Waals surface area contributed by atoms with Gasteiger partial charge in [-0.1, -0.05) is 22.0 Å². The molecule has 0 spiro atoms. The molecule has 2 heterocycles. The van der Waals surface area contributed by atoms with Gasteiger partial charge in [0.15, 0.2) is 0 Å². The standard InChI is InChI=1S/C20H25BrN4O/c1-15-13-17(21)6-7-18(15)20(26)23-16(2)14-24-9-11-25(12-10-24)19-5-3-4-8-22-19/h3-8,13,16H,9-12,14H2,1-2H3,(H,23,26). The summed E-state index contributed by atoms with van der Waals surface area (Å²) in [7, 11) is 0. The van der Waals surface area contributed by atoms with Gasteiger partial charge in [-0.3, -0.25) is 9.69 Å². The summed E-state index contributed by atoms with van der Waals surface area (Å²) in [4.78, 5) is 21.6. The monoisotopic (exact) mass is 416 g/mol. The number of hydrogen-bond acceptors (Lipinski definition) is 4. The number of amides is 1. The lowest BCUT2D eigenvalue weighted by molar-refractivity contribution is 0.0927. The van der Waals surface area contributed by atoms with Gasteiger partial charge in [-0.2, -0.15) is 0 Å². The molecule has 1 atom stereocenters. The first-order valence-electron chi connectivity index (χ1n) is 8.98. The van der Waals surface area contributed by atoms with E-state index in [0.717, 1.165) is 54.1 Å². The molecule has 0 radical (unpaired) electrons. The van der Waals surface area contributed by atoms with Gasteiger partial charge in [-0.15, -0.1) is 0 Å². The zero-order chi connectivity index (χ0) is 18.5. The van der Waals surface area contributed by atoms with Crippen molar-refractivity contribution in [2.24, 2.45) is 0 Å². The summed E-state index contributed by atoms with van der Waals surface area (Å²) in [5.74, 6) is 1.04. The molecular weight excluding hydrogens is 392 g/mol. The minimum atomic E-state index is -0.00498. The van der Waals surface area contributed by atoms with Gasteiger partial charge < -0.3 is 10.2 Å². The first kappa shape index (κ1) is 18.9. The van der Waals surface area contributed by atoms with Crippen LogP contribution in [0.2, 0.25) is 0 Å². The number of nitrogens with one attached hydrogen (secondary N) is 1. The largest absolute Gasteiger partial charge is 0.354 e. The van der Waals surface area contributed by atoms with Crippen molar-refractivity contribution in [3.63, 3.8) is 0 Å². The molecule has 1 unspecified atom stereocenters. The number of piperazine rings is 1. The Morgan fingerprint density at radius 2 is 2.00 bits per heavy atom. The lowest BCUT2D eigenvalue weighted by atomic mass is 10.1. The van der Waals surface area contributed by atoms with Crippen molar-refractivity contribution in [2.45, 2.75) is 19.9 Å². The van der Waals surface area contributed by atoms with Crippen molar-refractivity contribution >= 4 is 27.7 Å². The fraction of sp³-hybridized carbons (Fsp3) is 0.400. The topological polar surface area (TPSA) is 48.5 Å². The number of aryl methyl sites for hydroxylation is 1. The maximum Gasteiger partial charge on any atom is 0.251 e. The maximum atomic E-state index is 12.5. The predicted molar refractivity (Wildman–Crippen MR) is 109 cm³/mol. The Hall–Kier alpha value is -1.92. The van der Waals surface area contributed by atoms with Gasteiger partial charge in [-0.25, -0.2) is 4.98 Å². The molecule has 1 aliphatic heterocycles. The first-order valence-corrected chi connectivity index (χ1v) is 9.77. The average Bonchev–Trinajstić information content (AvgIpc) is 2.63. The Morgan fingerprint density at radius 1 is 1.23 bits per heavy atom. The Bertz CT molecular complexity index is 745. The SMILES string of the molecule is Cc1cc(Br)ccc1C(=O)NC(C)CN1CCN(c2ccccn2)CC1. The molecule has 3 rings (SSSR count). The first-order chi connectivity index (χ1) is 12.5. The van der Waals surface area contributed by atoms with Gasteiger partial charge in [0.1, 0.15) is 5.82 Å². The minimum Gasteiger partial charge on any atom is -0.354 e. The summed E-state index contributed by atoms with van der Waals surface area (Å²) in [5.41, 5.74) is 1.72. The number of aromatic nitrogens is 1. The number of pyridine rings is 1. The summed E-state index contributed by atoms with van der Waals surface area (Å²) in [6.07, 6.45) is 1.84. The molecule has 1 saturated heterocycles. The zero-order valence-electron chi connectivity index (χ0n) is 15.3. The Morgan fingerprint density at radius 3 is 2.65 bits per heavy atom. The van der Waals surface area contributed by atoms with Crippen LogP contribution in [0.25, 0.3) is 0 Å². The normalized spacial score (nSPS) is 16.3. The molecule has 0 aliphatic carbocycles. The highest BCUT2D eigenvalue weighted by Crippen LogP contribution is 2.16. The number of nitrogens with zero attached hydrogens (tertiary/aromatic N) is 3. The molecular formula is C20H25BrN4O. The van der Waals surface area contributed by atoms with Crippen LogP contribution in [0.5, 0.6) is 0 Å². The van der Waals surface area contributed by atoms with Crippen LogP contribution in [0.1, 0.15) is 22.8 Å². The van der Waals surface area contributed by atoms with E-state index in [0.29, 0.717) is 0 Å². The van der Waals surface area contributed by atoms with Gasteiger partial charge >= 0.3 is 0 Å². The van der Waals surface area contributed by atoms with Crippen LogP contribution < -0.4 is 10.2 Å². The number of carbonyl (C=O) groups is 1. The second kappa shape index (κ2) is 8.64. The number of benzene rings is 1. The van der Waals surface area contributed by atoms with Crippen LogP contribution in [0.4, 0.5) is 5.82 Å². The molecule has 0 saturated carbocycles. The molecule has 1 aromatic carbocycles. The van der Waals surface area contributed by atoms with Gasteiger partial charge in [0.25, 0.3) is 5.91 Å². The van der Waals surface area contributed by atoms with E-state index in [2.05, 4.69) is 49.0 Å². The number of hydrogen-bond donors (Lipinski definition) is 1. The number of anilines is 1.